The molecular weight excluding hydrogens is 278 g/mol. The number of hydrogen-bond donors (Lipinski definition) is 1. The molecule has 2 aromatic rings. The molecular formula is C18H23NOS. The Morgan fingerprint density at radius 1 is 1.14 bits per heavy atom. The molecule has 3 heteroatoms. The molecule has 0 bridgehead atoms. The Morgan fingerprint density at radius 2 is 1.86 bits per heavy atom. The van der Waals surface area contributed by atoms with Crippen LogP contribution in [-0.4, -0.2) is 5.91 Å². The van der Waals surface area contributed by atoms with Crippen molar-refractivity contribution in [3.63, 3.8) is 0 Å². The summed E-state index contributed by atoms with van der Waals surface area (Å²) in [6, 6.07) is 12.5. The highest BCUT2D eigenvalue weighted by molar-refractivity contribution is 7.09. The van der Waals surface area contributed by atoms with Crippen LogP contribution in [0.2, 0.25) is 0 Å². The summed E-state index contributed by atoms with van der Waals surface area (Å²) >= 11 is 1.67. The standard InChI is InChI=1S/C18H23NOS/c1-13(2)11-15-6-8-16(9-7-15)14(3)18(20)19-12-17-5-4-10-21-17/h4-10,13-14H,11-12H2,1-3H3,(H,19,20). The second kappa shape index (κ2) is 7.41. The van der Waals surface area contributed by atoms with Crippen LogP contribution in [-0.2, 0) is 17.8 Å². The first-order chi connectivity index (χ1) is 10.1. The predicted octanol–water partition coefficient (Wildman–Crippen LogP) is 4.37. The second-order valence-corrected chi connectivity index (χ2v) is 6.89. The van der Waals surface area contributed by atoms with Crippen molar-refractivity contribution in [1.82, 2.24) is 5.32 Å². The number of carbonyl (C=O) groups excluding carboxylic acids is 1. The second-order valence-electron chi connectivity index (χ2n) is 5.86. The average Bonchev–Trinajstić information content (AvgIpc) is 2.97. The van der Waals surface area contributed by atoms with E-state index in [4.69, 9.17) is 0 Å². The summed E-state index contributed by atoms with van der Waals surface area (Å²) in [4.78, 5) is 13.4. The number of benzene rings is 1. The van der Waals surface area contributed by atoms with Crippen molar-refractivity contribution in [2.45, 2.75) is 39.7 Å². The van der Waals surface area contributed by atoms with Gasteiger partial charge in [0.05, 0.1) is 12.5 Å². The minimum atomic E-state index is -0.113. The van der Waals surface area contributed by atoms with Gasteiger partial charge in [0.1, 0.15) is 0 Å². The molecule has 1 aromatic heterocycles. The summed E-state index contributed by atoms with van der Waals surface area (Å²) < 4.78 is 0. The molecule has 0 saturated heterocycles. The third kappa shape index (κ3) is 4.71. The van der Waals surface area contributed by atoms with E-state index in [1.807, 2.05) is 24.4 Å². The summed E-state index contributed by atoms with van der Waals surface area (Å²) in [7, 11) is 0. The molecule has 21 heavy (non-hydrogen) atoms. The molecule has 1 amide bonds. The third-order valence-corrected chi connectivity index (χ3v) is 4.41. The Hall–Kier alpha value is -1.61. The van der Waals surface area contributed by atoms with Gasteiger partial charge in [-0.15, -0.1) is 11.3 Å². The van der Waals surface area contributed by atoms with Crippen LogP contribution < -0.4 is 5.32 Å². The van der Waals surface area contributed by atoms with E-state index in [0.29, 0.717) is 12.5 Å². The number of rotatable bonds is 6. The van der Waals surface area contributed by atoms with Gasteiger partial charge in [-0.05, 0) is 41.8 Å². The van der Waals surface area contributed by atoms with Gasteiger partial charge in [-0.2, -0.15) is 0 Å². The lowest BCUT2D eigenvalue weighted by Crippen LogP contribution is -2.27. The quantitative estimate of drug-likeness (QED) is 0.843. The molecule has 0 aliphatic heterocycles. The first kappa shape index (κ1) is 15.8. The minimum absolute atomic E-state index is 0.0833. The van der Waals surface area contributed by atoms with Crippen molar-refractivity contribution in [2.24, 2.45) is 5.92 Å². The van der Waals surface area contributed by atoms with Crippen LogP contribution >= 0.6 is 11.3 Å². The van der Waals surface area contributed by atoms with Gasteiger partial charge in [-0.1, -0.05) is 44.2 Å². The third-order valence-electron chi connectivity index (χ3n) is 3.53. The maximum Gasteiger partial charge on any atom is 0.227 e. The van der Waals surface area contributed by atoms with Crippen LogP contribution in [0, 0.1) is 5.92 Å². The highest BCUT2D eigenvalue weighted by Crippen LogP contribution is 2.18. The first-order valence-electron chi connectivity index (χ1n) is 7.45. The number of hydrogen-bond acceptors (Lipinski definition) is 2. The van der Waals surface area contributed by atoms with E-state index in [1.165, 1.54) is 10.4 Å². The van der Waals surface area contributed by atoms with E-state index >= 15 is 0 Å². The van der Waals surface area contributed by atoms with Crippen molar-refractivity contribution in [1.29, 1.82) is 0 Å². The lowest BCUT2D eigenvalue weighted by Gasteiger charge is -2.13. The van der Waals surface area contributed by atoms with E-state index in [0.717, 1.165) is 12.0 Å². The van der Waals surface area contributed by atoms with Gasteiger partial charge in [0.25, 0.3) is 0 Å². The van der Waals surface area contributed by atoms with Gasteiger partial charge in [0, 0.05) is 4.88 Å². The van der Waals surface area contributed by atoms with Crippen molar-refractivity contribution >= 4 is 17.2 Å². The van der Waals surface area contributed by atoms with E-state index in [-0.39, 0.29) is 11.8 Å². The lowest BCUT2D eigenvalue weighted by atomic mass is 9.96. The van der Waals surface area contributed by atoms with Gasteiger partial charge in [0.2, 0.25) is 5.91 Å². The van der Waals surface area contributed by atoms with Crippen LogP contribution in [0.3, 0.4) is 0 Å². The summed E-state index contributed by atoms with van der Waals surface area (Å²) in [5.41, 5.74) is 2.41. The molecule has 1 atom stereocenters. The van der Waals surface area contributed by atoms with Gasteiger partial charge < -0.3 is 5.32 Å². The van der Waals surface area contributed by atoms with E-state index in [2.05, 4.69) is 43.4 Å². The van der Waals surface area contributed by atoms with Crippen molar-refractivity contribution in [3.8, 4) is 0 Å². The van der Waals surface area contributed by atoms with Crippen LogP contribution in [0.4, 0.5) is 0 Å². The van der Waals surface area contributed by atoms with Gasteiger partial charge in [-0.3, -0.25) is 4.79 Å². The molecule has 0 fully saturated rings. The Morgan fingerprint density at radius 3 is 2.43 bits per heavy atom. The van der Waals surface area contributed by atoms with Gasteiger partial charge in [-0.25, -0.2) is 0 Å². The highest BCUT2D eigenvalue weighted by atomic mass is 32.1. The maximum absolute atomic E-state index is 12.2. The number of amides is 1. The summed E-state index contributed by atoms with van der Waals surface area (Å²) in [6.07, 6.45) is 1.08. The maximum atomic E-state index is 12.2. The van der Waals surface area contributed by atoms with Crippen molar-refractivity contribution < 1.29 is 4.79 Å². The molecule has 0 aliphatic carbocycles. The molecule has 2 rings (SSSR count). The monoisotopic (exact) mass is 301 g/mol. The molecule has 2 nitrogen and oxygen atoms in total. The normalized spacial score (nSPS) is 12.4. The molecule has 0 radical (unpaired) electrons. The Bertz CT molecular complexity index is 557. The molecule has 0 aliphatic rings. The lowest BCUT2D eigenvalue weighted by molar-refractivity contribution is -0.122. The SMILES string of the molecule is CC(C)Cc1ccc(C(C)C(=O)NCc2cccs2)cc1. The van der Waals surface area contributed by atoms with Crippen LogP contribution in [0.5, 0.6) is 0 Å². The molecule has 0 spiro atoms. The molecule has 1 heterocycles. The zero-order valence-corrected chi connectivity index (χ0v) is 13.7. The van der Waals surface area contributed by atoms with Crippen molar-refractivity contribution in [2.75, 3.05) is 0 Å². The van der Waals surface area contributed by atoms with E-state index < -0.39 is 0 Å². The largest absolute Gasteiger partial charge is 0.351 e. The molecule has 112 valence electrons. The molecule has 1 N–H and O–H groups in total. The fourth-order valence-corrected chi connectivity index (χ4v) is 2.95. The highest BCUT2D eigenvalue weighted by Gasteiger charge is 2.14. The molecule has 1 aromatic carbocycles. The zero-order valence-electron chi connectivity index (χ0n) is 12.9. The Balaban J connectivity index is 1.92. The summed E-state index contributed by atoms with van der Waals surface area (Å²) in [6.45, 7) is 7.01. The van der Waals surface area contributed by atoms with Gasteiger partial charge >= 0.3 is 0 Å². The fourth-order valence-electron chi connectivity index (χ4n) is 2.31. The predicted molar refractivity (Wildman–Crippen MR) is 89.6 cm³/mol. The summed E-state index contributed by atoms with van der Waals surface area (Å²) in [5, 5.41) is 5.03. The first-order valence-corrected chi connectivity index (χ1v) is 8.33. The Labute approximate surface area is 131 Å². The van der Waals surface area contributed by atoms with Crippen molar-refractivity contribution in [3.05, 3.63) is 57.8 Å². The minimum Gasteiger partial charge on any atom is -0.351 e. The topological polar surface area (TPSA) is 29.1 Å². The zero-order chi connectivity index (χ0) is 15.2. The number of thiophene rings is 1. The average molecular weight is 301 g/mol. The smallest absolute Gasteiger partial charge is 0.227 e. The van der Waals surface area contributed by atoms with E-state index in [1.54, 1.807) is 11.3 Å². The van der Waals surface area contributed by atoms with Gasteiger partial charge in [0.15, 0.2) is 0 Å². The van der Waals surface area contributed by atoms with E-state index in [9.17, 15) is 4.79 Å². The summed E-state index contributed by atoms with van der Waals surface area (Å²) in [5.74, 6) is 0.625. The fraction of sp³-hybridized carbons (Fsp3) is 0.389. The van der Waals surface area contributed by atoms with Crippen LogP contribution in [0.15, 0.2) is 41.8 Å². The number of carbonyl (C=O) groups is 1. The molecule has 0 saturated carbocycles. The molecule has 1 unspecified atom stereocenters. The van der Waals surface area contributed by atoms with Crippen LogP contribution in [0.1, 0.15) is 42.7 Å². The Kier molecular flexibility index (Phi) is 5.57. The van der Waals surface area contributed by atoms with Crippen LogP contribution in [0.25, 0.3) is 0 Å². The number of nitrogens with one attached hydrogen (secondary N) is 1.